The fourth-order valence-corrected chi connectivity index (χ4v) is 4.21. The van der Waals surface area contributed by atoms with Crippen LogP contribution in [0.4, 0.5) is 0 Å². The quantitative estimate of drug-likeness (QED) is 0.370. The average molecular weight is 534 g/mol. The second-order valence-corrected chi connectivity index (χ2v) is 9.09. The first kappa shape index (κ1) is 22.6. The molecule has 2 aromatic carbocycles. The summed E-state index contributed by atoms with van der Waals surface area (Å²) in [6.45, 7) is 2.58. The van der Waals surface area contributed by atoms with E-state index in [2.05, 4.69) is 26.0 Å². The first-order chi connectivity index (χ1) is 15.4. The lowest BCUT2D eigenvalue weighted by atomic mass is 10.1. The van der Waals surface area contributed by atoms with Crippen molar-refractivity contribution in [2.24, 2.45) is 10.1 Å². The van der Waals surface area contributed by atoms with Crippen LogP contribution in [-0.2, 0) is 4.79 Å². The smallest absolute Gasteiger partial charge is 0.283 e. The summed E-state index contributed by atoms with van der Waals surface area (Å²) in [6, 6.07) is 12.6. The van der Waals surface area contributed by atoms with Crippen molar-refractivity contribution >= 4 is 67.3 Å². The monoisotopic (exact) mass is 532 g/mol. The zero-order valence-corrected chi connectivity index (χ0v) is 20.1. The van der Waals surface area contributed by atoms with E-state index < -0.39 is 5.91 Å². The number of hydrogen-bond acceptors (Lipinski definition) is 6. The SMILES string of the molecule is CCC1=NN2C(=N)C(=Cc3cc(Cl)ccc3OCCOc3ccc(Br)cc3)C(=O)N=C2S1. The molecule has 0 saturated carbocycles. The number of thioether (sulfide) groups is 1. The van der Waals surface area contributed by atoms with Gasteiger partial charge in [-0.05, 0) is 66.7 Å². The summed E-state index contributed by atoms with van der Waals surface area (Å²) in [4.78, 5) is 16.7. The molecule has 1 amide bonds. The van der Waals surface area contributed by atoms with Crippen LogP contribution in [0.15, 0.2) is 62.6 Å². The normalized spacial score (nSPS) is 16.7. The second-order valence-electron chi connectivity index (χ2n) is 6.70. The molecule has 0 unspecified atom stereocenters. The molecule has 2 aromatic rings. The van der Waals surface area contributed by atoms with Gasteiger partial charge in [0.1, 0.15) is 29.8 Å². The molecule has 32 heavy (non-hydrogen) atoms. The third-order valence-electron chi connectivity index (χ3n) is 4.49. The molecule has 2 aliphatic rings. The number of nitrogens with zero attached hydrogens (tertiary/aromatic N) is 3. The van der Waals surface area contributed by atoms with Crippen LogP contribution in [0.25, 0.3) is 6.08 Å². The van der Waals surface area contributed by atoms with Crippen molar-refractivity contribution in [2.45, 2.75) is 13.3 Å². The van der Waals surface area contributed by atoms with Crippen LogP contribution in [0.3, 0.4) is 0 Å². The van der Waals surface area contributed by atoms with Gasteiger partial charge >= 0.3 is 0 Å². The van der Waals surface area contributed by atoms with Gasteiger partial charge in [-0.25, -0.2) is 0 Å². The molecule has 4 rings (SSSR count). The molecular weight excluding hydrogens is 516 g/mol. The highest BCUT2D eigenvalue weighted by atomic mass is 79.9. The molecule has 2 heterocycles. The van der Waals surface area contributed by atoms with Gasteiger partial charge in [0.25, 0.3) is 5.91 Å². The van der Waals surface area contributed by atoms with Gasteiger partial charge in [0.2, 0.25) is 5.17 Å². The molecule has 0 aliphatic carbocycles. The number of halogens is 2. The summed E-state index contributed by atoms with van der Waals surface area (Å²) in [5, 5.41) is 15.9. The Hall–Kier alpha value is -2.62. The Morgan fingerprint density at radius 3 is 2.69 bits per heavy atom. The number of rotatable bonds is 7. The Balaban J connectivity index is 1.50. The fraction of sp³-hybridized carbons (Fsp3) is 0.182. The molecule has 164 valence electrons. The van der Waals surface area contributed by atoms with Gasteiger partial charge in [-0.1, -0.05) is 34.5 Å². The van der Waals surface area contributed by atoms with E-state index >= 15 is 0 Å². The number of amidine groups is 2. The number of hydrazone groups is 1. The van der Waals surface area contributed by atoms with Gasteiger partial charge in [0.15, 0.2) is 5.84 Å². The molecule has 0 saturated heterocycles. The highest BCUT2D eigenvalue weighted by Gasteiger charge is 2.35. The minimum absolute atomic E-state index is 0.0274. The minimum atomic E-state index is -0.495. The van der Waals surface area contributed by atoms with Crippen molar-refractivity contribution in [3.8, 4) is 11.5 Å². The maximum Gasteiger partial charge on any atom is 0.283 e. The standard InChI is InChI=1S/C22H18BrClN4O3S/c1-2-19-27-28-20(25)17(21(29)26-22(28)32-19)12-13-11-15(24)5-8-18(13)31-10-9-30-16-6-3-14(23)4-7-16/h3-8,11-12,25H,2,9-10H2,1H3. The summed E-state index contributed by atoms with van der Waals surface area (Å²) in [5.74, 6) is 0.733. The largest absolute Gasteiger partial charge is 0.490 e. The van der Waals surface area contributed by atoms with Crippen molar-refractivity contribution in [3.05, 3.63) is 63.1 Å². The zero-order chi connectivity index (χ0) is 22.7. The van der Waals surface area contributed by atoms with Crippen LogP contribution in [-0.4, -0.2) is 40.2 Å². The van der Waals surface area contributed by atoms with Crippen LogP contribution in [0.1, 0.15) is 18.9 Å². The Morgan fingerprint density at radius 2 is 1.94 bits per heavy atom. The van der Waals surface area contributed by atoms with Crippen molar-refractivity contribution in [2.75, 3.05) is 13.2 Å². The zero-order valence-electron chi connectivity index (χ0n) is 17.0. The van der Waals surface area contributed by atoms with E-state index in [-0.39, 0.29) is 18.0 Å². The summed E-state index contributed by atoms with van der Waals surface area (Å²) < 4.78 is 12.5. The van der Waals surface area contributed by atoms with Gasteiger partial charge in [-0.15, -0.1) is 0 Å². The number of benzene rings is 2. The third-order valence-corrected chi connectivity index (χ3v) is 6.31. The average Bonchev–Trinajstić information content (AvgIpc) is 3.20. The summed E-state index contributed by atoms with van der Waals surface area (Å²) in [5.41, 5.74) is 0.688. The van der Waals surface area contributed by atoms with Gasteiger partial charge in [0.05, 0.1) is 5.57 Å². The van der Waals surface area contributed by atoms with Crippen LogP contribution in [0, 0.1) is 5.41 Å². The summed E-state index contributed by atoms with van der Waals surface area (Å²) in [6.07, 6.45) is 2.27. The molecule has 2 aliphatic heterocycles. The van der Waals surface area contributed by atoms with E-state index in [1.165, 1.54) is 16.8 Å². The lowest BCUT2D eigenvalue weighted by Crippen LogP contribution is -2.35. The van der Waals surface area contributed by atoms with Crippen LogP contribution in [0.5, 0.6) is 11.5 Å². The molecule has 0 fully saturated rings. The van der Waals surface area contributed by atoms with E-state index in [9.17, 15) is 4.79 Å². The number of fused-ring (bicyclic) bond motifs is 1. The molecule has 0 spiro atoms. The topological polar surface area (TPSA) is 87.3 Å². The Labute approximate surface area is 202 Å². The molecule has 0 radical (unpaired) electrons. The van der Waals surface area contributed by atoms with Crippen LogP contribution in [0.2, 0.25) is 5.02 Å². The van der Waals surface area contributed by atoms with Crippen molar-refractivity contribution in [3.63, 3.8) is 0 Å². The predicted octanol–water partition coefficient (Wildman–Crippen LogP) is 5.59. The van der Waals surface area contributed by atoms with Gasteiger partial charge < -0.3 is 9.47 Å². The highest BCUT2D eigenvalue weighted by Crippen LogP contribution is 2.31. The first-order valence-electron chi connectivity index (χ1n) is 9.74. The maximum atomic E-state index is 12.6. The number of nitrogens with one attached hydrogen (secondary N) is 1. The van der Waals surface area contributed by atoms with Crippen LogP contribution < -0.4 is 9.47 Å². The maximum absolute atomic E-state index is 12.6. The van der Waals surface area contributed by atoms with E-state index in [4.69, 9.17) is 26.5 Å². The number of hydrogen-bond donors (Lipinski definition) is 1. The Morgan fingerprint density at radius 1 is 1.19 bits per heavy atom. The molecule has 0 aromatic heterocycles. The Kier molecular flexibility index (Phi) is 6.98. The van der Waals surface area contributed by atoms with E-state index in [1.54, 1.807) is 24.3 Å². The van der Waals surface area contributed by atoms with Crippen molar-refractivity contribution in [1.29, 1.82) is 5.41 Å². The third kappa shape index (κ3) is 5.06. The number of carbonyl (C=O) groups is 1. The summed E-state index contributed by atoms with van der Waals surface area (Å²) >= 11 is 10.9. The molecule has 1 N–H and O–H groups in total. The van der Waals surface area contributed by atoms with Crippen LogP contribution >= 0.6 is 39.3 Å². The van der Waals surface area contributed by atoms with Gasteiger partial charge in [-0.2, -0.15) is 15.1 Å². The summed E-state index contributed by atoms with van der Waals surface area (Å²) in [7, 11) is 0. The number of aliphatic imine (C=N–C) groups is 1. The van der Waals surface area contributed by atoms with E-state index in [0.29, 0.717) is 34.5 Å². The fourth-order valence-electron chi connectivity index (χ4n) is 2.94. The lowest BCUT2D eigenvalue weighted by Gasteiger charge is -2.20. The number of carbonyl (C=O) groups excluding carboxylic acids is 1. The highest BCUT2D eigenvalue weighted by molar-refractivity contribution is 9.10. The van der Waals surface area contributed by atoms with Crippen molar-refractivity contribution in [1.82, 2.24) is 5.01 Å². The first-order valence-corrected chi connectivity index (χ1v) is 11.7. The molecular formula is C22H18BrClN4O3S. The number of ether oxygens (including phenoxy) is 2. The van der Waals surface area contributed by atoms with Gasteiger partial charge in [-0.3, -0.25) is 10.2 Å². The molecule has 7 nitrogen and oxygen atoms in total. The van der Waals surface area contributed by atoms with Crippen molar-refractivity contribution < 1.29 is 14.3 Å². The molecule has 0 atom stereocenters. The second kappa shape index (κ2) is 9.89. The van der Waals surface area contributed by atoms with Gasteiger partial charge in [0, 0.05) is 15.1 Å². The molecule has 0 bridgehead atoms. The Bertz CT molecular complexity index is 1160. The molecule has 10 heteroatoms. The lowest BCUT2D eigenvalue weighted by molar-refractivity contribution is -0.114. The predicted molar refractivity (Wildman–Crippen MR) is 132 cm³/mol. The van der Waals surface area contributed by atoms with E-state index in [1.807, 2.05) is 31.2 Å². The van der Waals surface area contributed by atoms with E-state index in [0.717, 1.165) is 15.3 Å². The number of amides is 1. The minimum Gasteiger partial charge on any atom is -0.490 e.